The number of carbonyl (C=O) groups is 2. The number of rotatable bonds is 4. The number of hydrogen-bond acceptors (Lipinski definition) is 2. The van der Waals surface area contributed by atoms with Gasteiger partial charge in [0.05, 0.1) is 0 Å². The minimum atomic E-state index is -0.0213. The quantitative estimate of drug-likeness (QED) is 0.838. The molecule has 0 atom stereocenters. The molecule has 4 heteroatoms. The third kappa shape index (κ3) is 6.34. The smallest absolute Gasteiger partial charge is 0.253 e. The van der Waals surface area contributed by atoms with Crippen molar-refractivity contribution in [2.45, 2.75) is 41.5 Å². The highest BCUT2D eigenvalue weighted by Gasteiger charge is 2.21. The molecule has 0 aliphatic rings. The average molecular weight is 332 g/mol. The summed E-state index contributed by atoms with van der Waals surface area (Å²) in [5.41, 5.74) is 1.32. The molecule has 0 aromatic heterocycles. The topological polar surface area (TPSA) is 40.6 Å². The maximum absolute atomic E-state index is 12.5. The Morgan fingerprint density at radius 2 is 0.958 bits per heavy atom. The normalized spacial score (nSPS) is 12.0. The van der Waals surface area contributed by atoms with Crippen LogP contribution in [0.4, 0.5) is 0 Å². The van der Waals surface area contributed by atoms with Crippen LogP contribution >= 0.6 is 0 Å². The number of hydrogen-bond donors (Lipinski definition) is 0. The fourth-order valence-electron chi connectivity index (χ4n) is 2.76. The third-order valence-corrected chi connectivity index (χ3v) is 3.50. The van der Waals surface area contributed by atoms with Gasteiger partial charge in [0.25, 0.3) is 11.8 Å². The van der Waals surface area contributed by atoms with E-state index in [1.165, 1.54) is 0 Å². The molecule has 0 bridgehead atoms. The zero-order valence-corrected chi connectivity index (χ0v) is 16.4. The molecule has 0 fully saturated rings. The lowest BCUT2D eigenvalue weighted by Crippen LogP contribution is -2.35. The highest BCUT2D eigenvalue weighted by atomic mass is 16.2. The monoisotopic (exact) mass is 332 g/mol. The number of benzene rings is 1. The molecule has 2 amide bonds. The molecule has 1 aromatic rings. The number of amides is 2. The lowest BCUT2D eigenvalue weighted by atomic mass is 9.95. The summed E-state index contributed by atoms with van der Waals surface area (Å²) >= 11 is 0. The van der Waals surface area contributed by atoms with Crippen molar-refractivity contribution in [3.05, 3.63) is 35.4 Å². The molecule has 0 aliphatic carbocycles. The Labute approximate surface area is 146 Å². The molecule has 1 aromatic carbocycles. The molecule has 0 N–H and O–H groups in total. The van der Waals surface area contributed by atoms with E-state index in [2.05, 4.69) is 41.5 Å². The maximum atomic E-state index is 12.5. The minimum Gasteiger partial charge on any atom is -0.341 e. The van der Waals surface area contributed by atoms with Gasteiger partial charge < -0.3 is 9.80 Å². The van der Waals surface area contributed by atoms with Crippen molar-refractivity contribution in [1.82, 2.24) is 9.80 Å². The summed E-state index contributed by atoms with van der Waals surface area (Å²) in [5.74, 6) is -0.0426. The van der Waals surface area contributed by atoms with Crippen LogP contribution in [0.25, 0.3) is 0 Å². The van der Waals surface area contributed by atoms with E-state index in [1.54, 1.807) is 34.1 Å². The second kappa shape index (κ2) is 7.37. The van der Waals surface area contributed by atoms with Crippen molar-refractivity contribution >= 4 is 11.8 Å². The molecule has 24 heavy (non-hydrogen) atoms. The molecule has 0 saturated heterocycles. The van der Waals surface area contributed by atoms with E-state index in [-0.39, 0.29) is 22.6 Å². The molecule has 134 valence electrons. The summed E-state index contributed by atoms with van der Waals surface area (Å²) < 4.78 is 0. The Hall–Kier alpha value is -1.84. The lowest BCUT2D eigenvalue weighted by molar-refractivity contribution is 0.0735. The molecular weight excluding hydrogens is 300 g/mol. The van der Waals surface area contributed by atoms with Gasteiger partial charge in [0.15, 0.2) is 0 Å². The predicted molar refractivity (Wildman–Crippen MR) is 99.3 cm³/mol. The van der Waals surface area contributed by atoms with Crippen molar-refractivity contribution in [1.29, 1.82) is 0 Å². The standard InChI is InChI=1S/C20H32N2O2/c1-19(2,3)13-21(7)17(23)15-9-11-16(12-10-15)18(24)22(8)14-20(4,5)6/h9-12H,13-14H2,1-8H3. The van der Waals surface area contributed by atoms with Gasteiger partial charge in [-0.25, -0.2) is 0 Å². The van der Waals surface area contributed by atoms with Gasteiger partial charge >= 0.3 is 0 Å². The summed E-state index contributed by atoms with van der Waals surface area (Å²) in [6, 6.07) is 6.94. The summed E-state index contributed by atoms with van der Waals surface area (Å²) in [7, 11) is 3.62. The van der Waals surface area contributed by atoms with Crippen LogP contribution in [-0.4, -0.2) is 48.8 Å². The molecule has 0 radical (unpaired) electrons. The van der Waals surface area contributed by atoms with E-state index in [9.17, 15) is 9.59 Å². The second-order valence-corrected chi connectivity index (χ2v) is 9.02. The Morgan fingerprint density at radius 3 is 1.17 bits per heavy atom. The van der Waals surface area contributed by atoms with Crippen LogP contribution in [0, 0.1) is 10.8 Å². The fraction of sp³-hybridized carbons (Fsp3) is 0.600. The number of nitrogens with zero attached hydrogens (tertiary/aromatic N) is 2. The van der Waals surface area contributed by atoms with E-state index in [4.69, 9.17) is 0 Å². The Morgan fingerprint density at radius 1 is 0.708 bits per heavy atom. The minimum absolute atomic E-state index is 0.0213. The molecular formula is C20H32N2O2. The van der Waals surface area contributed by atoms with Gasteiger partial charge in [0.2, 0.25) is 0 Å². The second-order valence-electron chi connectivity index (χ2n) is 9.02. The molecule has 1 rings (SSSR count). The molecule has 0 saturated carbocycles. The third-order valence-electron chi connectivity index (χ3n) is 3.50. The summed E-state index contributed by atoms with van der Waals surface area (Å²) in [4.78, 5) is 28.4. The van der Waals surface area contributed by atoms with Crippen molar-refractivity contribution in [3.63, 3.8) is 0 Å². The van der Waals surface area contributed by atoms with E-state index in [0.29, 0.717) is 24.2 Å². The van der Waals surface area contributed by atoms with Gasteiger partial charge in [-0.15, -0.1) is 0 Å². The van der Waals surface area contributed by atoms with Crippen molar-refractivity contribution in [3.8, 4) is 0 Å². The molecule has 0 aliphatic heterocycles. The van der Waals surface area contributed by atoms with E-state index in [1.807, 2.05) is 14.1 Å². The van der Waals surface area contributed by atoms with Gasteiger partial charge in [-0.2, -0.15) is 0 Å². The van der Waals surface area contributed by atoms with E-state index < -0.39 is 0 Å². The summed E-state index contributed by atoms with van der Waals surface area (Å²) in [5, 5.41) is 0. The van der Waals surface area contributed by atoms with Crippen molar-refractivity contribution < 1.29 is 9.59 Å². The largest absolute Gasteiger partial charge is 0.341 e. The van der Waals surface area contributed by atoms with Crippen molar-refractivity contribution in [2.24, 2.45) is 10.8 Å². The van der Waals surface area contributed by atoms with Crippen LogP contribution in [0.2, 0.25) is 0 Å². The van der Waals surface area contributed by atoms with Gasteiger partial charge in [-0.1, -0.05) is 41.5 Å². The highest BCUT2D eigenvalue weighted by Crippen LogP contribution is 2.18. The zero-order valence-electron chi connectivity index (χ0n) is 16.4. The molecule has 0 spiro atoms. The van der Waals surface area contributed by atoms with Crippen LogP contribution in [0.3, 0.4) is 0 Å². The van der Waals surface area contributed by atoms with Gasteiger partial charge in [0, 0.05) is 38.3 Å². The SMILES string of the molecule is CN(CC(C)(C)C)C(=O)c1ccc(C(=O)N(C)CC(C)(C)C)cc1. The number of carbonyl (C=O) groups excluding carboxylic acids is 2. The molecule has 0 heterocycles. The first-order valence-electron chi connectivity index (χ1n) is 8.41. The Bertz CT molecular complexity index is 524. The lowest BCUT2D eigenvalue weighted by Gasteiger charge is -2.27. The van der Waals surface area contributed by atoms with Crippen LogP contribution in [0.1, 0.15) is 62.3 Å². The van der Waals surface area contributed by atoms with E-state index >= 15 is 0 Å². The Balaban J connectivity index is 2.82. The Kier molecular flexibility index (Phi) is 6.20. The van der Waals surface area contributed by atoms with Crippen LogP contribution < -0.4 is 0 Å². The van der Waals surface area contributed by atoms with Crippen LogP contribution in [-0.2, 0) is 0 Å². The summed E-state index contributed by atoms with van der Waals surface area (Å²) in [6.07, 6.45) is 0. The first-order valence-corrected chi connectivity index (χ1v) is 8.41. The van der Waals surface area contributed by atoms with E-state index in [0.717, 1.165) is 0 Å². The molecule has 4 nitrogen and oxygen atoms in total. The zero-order chi connectivity index (χ0) is 18.7. The van der Waals surface area contributed by atoms with Crippen LogP contribution in [0.5, 0.6) is 0 Å². The predicted octanol–water partition coefficient (Wildman–Crippen LogP) is 3.92. The fourth-order valence-corrected chi connectivity index (χ4v) is 2.76. The van der Waals surface area contributed by atoms with Gasteiger partial charge in [-0.3, -0.25) is 9.59 Å². The average Bonchev–Trinajstić information content (AvgIpc) is 2.42. The molecule has 0 unspecified atom stereocenters. The van der Waals surface area contributed by atoms with Gasteiger partial charge in [-0.05, 0) is 35.1 Å². The van der Waals surface area contributed by atoms with Crippen molar-refractivity contribution in [2.75, 3.05) is 27.2 Å². The maximum Gasteiger partial charge on any atom is 0.253 e. The highest BCUT2D eigenvalue weighted by molar-refractivity contribution is 5.97. The summed E-state index contributed by atoms with van der Waals surface area (Å²) in [6.45, 7) is 14.0. The first kappa shape index (κ1) is 20.2. The first-order chi connectivity index (χ1) is 10.8. The van der Waals surface area contributed by atoms with Crippen LogP contribution in [0.15, 0.2) is 24.3 Å². The van der Waals surface area contributed by atoms with Gasteiger partial charge in [0.1, 0.15) is 0 Å².